The minimum absolute atomic E-state index is 0.0905. The molecule has 3 aromatic rings. The predicted octanol–water partition coefficient (Wildman–Crippen LogP) is 1.60. The molecule has 1 amide bonds. The Morgan fingerprint density at radius 3 is 2.78 bits per heavy atom. The quantitative estimate of drug-likeness (QED) is 0.485. The fraction of sp³-hybridized carbons (Fsp3) is 0.294. The van der Waals surface area contributed by atoms with E-state index in [4.69, 9.17) is 9.15 Å². The molecule has 0 spiro atoms. The Kier molecular flexibility index (Phi) is 5.38. The van der Waals surface area contributed by atoms with Crippen LogP contribution in [0.4, 0.5) is 11.0 Å². The predicted molar refractivity (Wildman–Crippen MR) is 101 cm³/mol. The topological polar surface area (TPSA) is 103 Å². The molecule has 1 aromatic carbocycles. The summed E-state index contributed by atoms with van der Waals surface area (Å²) in [4.78, 5) is 30.3. The number of likely N-dealkylation sites (N-methyl/N-ethyl adjacent to an activating group) is 1. The Balaban J connectivity index is 1.96. The van der Waals surface area contributed by atoms with Crippen LogP contribution in [0.2, 0.25) is 0 Å². The fourth-order valence-corrected chi connectivity index (χ4v) is 3.45. The summed E-state index contributed by atoms with van der Waals surface area (Å²) < 4.78 is 11.2. The van der Waals surface area contributed by atoms with Gasteiger partial charge in [-0.15, -0.1) is 0 Å². The second-order valence-corrected chi connectivity index (χ2v) is 7.15. The van der Waals surface area contributed by atoms with Gasteiger partial charge in [-0.2, -0.15) is 0 Å². The molecule has 0 aliphatic carbocycles. The highest BCUT2D eigenvalue weighted by molar-refractivity contribution is 7.22. The van der Waals surface area contributed by atoms with Crippen LogP contribution in [0, 0.1) is 10.1 Å². The Morgan fingerprint density at radius 1 is 1.37 bits per heavy atom. The molecule has 0 atom stereocenters. The molecule has 27 heavy (non-hydrogen) atoms. The lowest BCUT2D eigenvalue weighted by molar-refractivity contribution is -0.856. The minimum Gasteiger partial charge on any atom is -0.497 e. The number of fused-ring (bicyclic) bond motifs is 1. The van der Waals surface area contributed by atoms with Crippen LogP contribution in [0.25, 0.3) is 10.2 Å². The Hall–Kier alpha value is -2.98. The number of nitrogens with one attached hydrogen (secondary N) is 1. The summed E-state index contributed by atoms with van der Waals surface area (Å²) >= 11 is 1.35. The van der Waals surface area contributed by atoms with Crippen molar-refractivity contribution >= 4 is 38.5 Å². The van der Waals surface area contributed by atoms with Crippen LogP contribution >= 0.6 is 11.3 Å². The van der Waals surface area contributed by atoms with Gasteiger partial charge in [0, 0.05) is 0 Å². The van der Waals surface area contributed by atoms with Crippen LogP contribution in [0.15, 0.2) is 34.7 Å². The van der Waals surface area contributed by atoms with E-state index in [9.17, 15) is 14.9 Å². The maximum absolute atomic E-state index is 12.9. The van der Waals surface area contributed by atoms with Gasteiger partial charge in [0.25, 0.3) is 5.91 Å². The first kappa shape index (κ1) is 18.8. The molecule has 2 heterocycles. The van der Waals surface area contributed by atoms with Gasteiger partial charge in [0.05, 0.1) is 50.6 Å². The van der Waals surface area contributed by atoms with Gasteiger partial charge in [0.2, 0.25) is 0 Å². The molecule has 9 nitrogen and oxygen atoms in total. The van der Waals surface area contributed by atoms with Gasteiger partial charge in [0.1, 0.15) is 10.7 Å². The van der Waals surface area contributed by atoms with Crippen LogP contribution in [-0.2, 0) is 0 Å². The van der Waals surface area contributed by atoms with Crippen molar-refractivity contribution in [2.24, 2.45) is 0 Å². The Bertz CT molecular complexity index is 981. The molecule has 10 heteroatoms. The summed E-state index contributed by atoms with van der Waals surface area (Å²) in [6, 6.07) is 7.97. The van der Waals surface area contributed by atoms with Crippen molar-refractivity contribution in [3.63, 3.8) is 0 Å². The number of hydrogen-bond donors (Lipinski definition) is 1. The number of nitrogens with zero attached hydrogens (tertiary/aromatic N) is 3. The number of quaternary nitrogens is 1. The number of carbonyl (C=O) groups is 1. The lowest BCUT2D eigenvalue weighted by atomic mass is 10.3. The van der Waals surface area contributed by atoms with Crippen LogP contribution in [-0.4, -0.2) is 50.1 Å². The van der Waals surface area contributed by atoms with Crippen LogP contribution < -0.4 is 14.5 Å². The van der Waals surface area contributed by atoms with E-state index >= 15 is 0 Å². The molecular formula is C17H19N4O5S+. The summed E-state index contributed by atoms with van der Waals surface area (Å²) in [5.41, 5.74) is 0.747. The molecule has 0 saturated heterocycles. The summed E-state index contributed by atoms with van der Waals surface area (Å²) in [5, 5.41) is 11.3. The fourth-order valence-electron chi connectivity index (χ4n) is 2.43. The van der Waals surface area contributed by atoms with Gasteiger partial charge < -0.3 is 14.1 Å². The number of carbonyl (C=O) groups excluding carboxylic acids is 1. The van der Waals surface area contributed by atoms with E-state index < -0.39 is 16.7 Å². The normalized spacial score (nSPS) is 11.1. The van der Waals surface area contributed by atoms with Crippen LogP contribution in [0.5, 0.6) is 5.75 Å². The molecule has 0 fully saturated rings. The average molecular weight is 391 g/mol. The average Bonchev–Trinajstić information content (AvgIpc) is 3.27. The molecule has 0 unspecified atom stereocenters. The summed E-state index contributed by atoms with van der Waals surface area (Å²) in [5.74, 6) is -0.316. The zero-order valence-corrected chi connectivity index (χ0v) is 15.9. The minimum atomic E-state index is -0.672. The van der Waals surface area contributed by atoms with Crippen molar-refractivity contribution in [2.45, 2.75) is 0 Å². The summed E-state index contributed by atoms with van der Waals surface area (Å²) in [7, 11) is 5.54. The molecule has 0 aliphatic rings. The second-order valence-electron chi connectivity index (χ2n) is 6.14. The third-order valence-corrected chi connectivity index (χ3v) is 4.92. The van der Waals surface area contributed by atoms with Gasteiger partial charge in [-0.05, 0) is 24.3 Å². The number of rotatable bonds is 7. The monoisotopic (exact) mass is 391 g/mol. The highest BCUT2D eigenvalue weighted by atomic mass is 32.1. The van der Waals surface area contributed by atoms with Crippen LogP contribution in [0.3, 0.4) is 0 Å². The third-order valence-electron chi connectivity index (χ3n) is 3.88. The third kappa shape index (κ3) is 4.07. The van der Waals surface area contributed by atoms with Crippen molar-refractivity contribution in [1.29, 1.82) is 0 Å². The summed E-state index contributed by atoms with van der Waals surface area (Å²) in [6.07, 6.45) is 0. The molecule has 0 saturated carbocycles. The van der Waals surface area contributed by atoms with Gasteiger partial charge in [-0.25, -0.2) is 4.98 Å². The number of hydrogen-bond acceptors (Lipinski definition) is 7. The number of benzene rings is 1. The van der Waals surface area contributed by atoms with Crippen molar-refractivity contribution < 1.29 is 23.8 Å². The van der Waals surface area contributed by atoms with Crippen molar-refractivity contribution in [3.05, 3.63) is 46.2 Å². The number of thiazole rings is 1. The molecule has 2 aromatic heterocycles. The number of methoxy groups -OCH3 is 1. The zero-order chi connectivity index (χ0) is 19.6. The Morgan fingerprint density at radius 2 is 2.15 bits per heavy atom. The number of aromatic nitrogens is 1. The highest BCUT2D eigenvalue weighted by Gasteiger charge is 2.26. The van der Waals surface area contributed by atoms with E-state index in [1.807, 2.05) is 26.2 Å². The first-order valence-electron chi connectivity index (χ1n) is 8.18. The van der Waals surface area contributed by atoms with E-state index in [2.05, 4.69) is 4.98 Å². The standard InChI is InChI=1S/C17H18N4O5S/c1-19(2)8-9-20(16(22)13-6-7-15(26-13)21(23)24)17-18-12-5-4-11(25-3)10-14(12)27-17/h4-7,10H,8-9H2,1-3H3/p+1. The molecule has 0 bridgehead atoms. The lowest BCUT2D eigenvalue weighted by Crippen LogP contribution is -3.06. The van der Waals surface area contributed by atoms with E-state index in [-0.39, 0.29) is 5.76 Å². The number of amides is 1. The van der Waals surface area contributed by atoms with E-state index in [1.54, 1.807) is 13.2 Å². The largest absolute Gasteiger partial charge is 0.497 e. The highest BCUT2D eigenvalue weighted by Crippen LogP contribution is 2.32. The zero-order valence-electron chi connectivity index (χ0n) is 15.1. The van der Waals surface area contributed by atoms with Crippen molar-refractivity contribution in [3.8, 4) is 5.75 Å². The number of anilines is 1. The molecule has 3 rings (SSSR count). The number of ether oxygens (including phenoxy) is 1. The lowest BCUT2D eigenvalue weighted by Gasteiger charge is -2.19. The van der Waals surface area contributed by atoms with Gasteiger partial charge in [0.15, 0.2) is 10.9 Å². The summed E-state index contributed by atoms with van der Waals surface area (Å²) in [6.45, 7) is 1.07. The van der Waals surface area contributed by atoms with Crippen molar-refractivity contribution in [1.82, 2.24) is 4.98 Å². The maximum atomic E-state index is 12.9. The SMILES string of the molecule is COc1ccc2nc(N(CC[NH+](C)C)C(=O)c3ccc([N+](=O)[O-])o3)sc2c1. The van der Waals surface area contributed by atoms with E-state index in [0.717, 1.165) is 15.1 Å². The van der Waals surface area contributed by atoms with Gasteiger partial charge in [-0.3, -0.25) is 19.8 Å². The smallest absolute Gasteiger partial charge is 0.433 e. The second kappa shape index (κ2) is 7.72. The number of furan rings is 1. The molecular weight excluding hydrogens is 372 g/mol. The molecule has 1 N–H and O–H groups in total. The number of nitro groups is 1. The van der Waals surface area contributed by atoms with Gasteiger partial charge >= 0.3 is 5.88 Å². The molecule has 0 radical (unpaired) electrons. The van der Waals surface area contributed by atoms with E-state index in [0.29, 0.717) is 24.0 Å². The first-order chi connectivity index (χ1) is 12.9. The molecule has 142 valence electrons. The van der Waals surface area contributed by atoms with Crippen LogP contribution in [0.1, 0.15) is 10.6 Å². The molecule has 0 aliphatic heterocycles. The first-order valence-corrected chi connectivity index (χ1v) is 9.00. The van der Waals surface area contributed by atoms with Gasteiger partial charge in [-0.1, -0.05) is 11.3 Å². The van der Waals surface area contributed by atoms with Crippen molar-refractivity contribution in [2.75, 3.05) is 39.2 Å². The Labute approximate surface area is 158 Å². The maximum Gasteiger partial charge on any atom is 0.433 e. The van der Waals surface area contributed by atoms with E-state index in [1.165, 1.54) is 28.4 Å².